The monoisotopic (exact) mass is 304 g/mol. The average Bonchev–Trinajstić information content (AvgIpc) is 2.19. The number of rotatable bonds is 11. The topological polar surface area (TPSA) is 34.1 Å². The fourth-order valence-corrected chi connectivity index (χ4v) is 2.68. The van der Waals surface area contributed by atoms with E-state index in [-0.39, 0.29) is 57.1 Å². The first-order chi connectivity index (χ1) is 7.56. The molecule has 0 spiro atoms. The van der Waals surface area contributed by atoms with E-state index in [1.807, 2.05) is 0 Å². The van der Waals surface area contributed by atoms with Crippen LogP contribution < -0.4 is 51.4 Å². The van der Waals surface area contributed by atoms with Crippen molar-refractivity contribution in [2.45, 2.75) is 71.1 Å². The fraction of sp³-hybridized carbons (Fsp3) is 1.00. The van der Waals surface area contributed by atoms with E-state index in [0.29, 0.717) is 0 Å². The van der Waals surface area contributed by atoms with Gasteiger partial charge in [-0.15, -0.1) is 0 Å². The molecular formula is C12H25KO2S2. The van der Waals surface area contributed by atoms with Gasteiger partial charge in [0, 0.05) is 14.6 Å². The van der Waals surface area contributed by atoms with Gasteiger partial charge in [-0.05, 0) is 6.42 Å². The van der Waals surface area contributed by atoms with Crippen molar-refractivity contribution in [2.75, 3.05) is 5.75 Å². The molecule has 5 heteroatoms. The van der Waals surface area contributed by atoms with Gasteiger partial charge in [0.05, 0.1) is 0 Å². The van der Waals surface area contributed by atoms with Crippen LogP contribution in [-0.4, -0.2) is 14.2 Å². The summed E-state index contributed by atoms with van der Waals surface area (Å²) in [6, 6.07) is 0. The van der Waals surface area contributed by atoms with Crippen molar-refractivity contribution in [3.05, 3.63) is 0 Å². The normalized spacial score (nSPS) is 11.2. The third kappa shape index (κ3) is 20.4. The fourth-order valence-electron chi connectivity index (χ4n) is 1.77. The third-order valence-corrected chi connectivity index (χ3v) is 4.04. The summed E-state index contributed by atoms with van der Waals surface area (Å²) in [4.78, 5) is 0. The van der Waals surface area contributed by atoms with Crippen LogP contribution in [-0.2, 0) is 20.5 Å². The van der Waals surface area contributed by atoms with E-state index in [1.165, 1.54) is 44.9 Å². The summed E-state index contributed by atoms with van der Waals surface area (Å²) in [5, 5.41) is 0. The maximum atomic E-state index is 10.7. The Balaban J connectivity index is 0. The first kappa shape index (κ1) is 21.2. The molecule has 0 rings (SSSR count). The van der Waals surface area contributed by atoms with E-state index in [2.05, 4.69) is 18.6 Å². The average molecular weight is 305 g/mol. The van der Waals surface area contributed by atoms with Crippen molar-refractivity contribution < 1.29 is 59.8 Å². The molecule has 0 fully saturated rings. The van der Waals surface area contributed by atoms with E-state index < -0.39 is 8.87 Å². The van der Waals surface area contributed by atoms with Gasteiger partial charge in [-0.2, -0.15) is 0 Å². The van der Waals surface area contributed by atoms with Crippen molar-refractivity contribution in [1.82, 2.24) is 0 Å². The van der Waals surface area contributed by atoms with E-state index in [0.717, 1.165) is 19.3 Å². The Bertz CT molecular complexity index is 241. The Labute approximate surface area is 155 Å². The zero-order chi connectivity index (χ0) is 12.3. The molecule has 0 aliphatic carbocycles. The molecule has 17 heavy (non-hydrogen) atoms. The van der Waals surface area contributed by atoms with Gasteiger partial charge in [0.1, 0.15) is 0 Å². The molecule has 2 nitrogen and oxygen atoms in total. The molecule has 0 saturated heterocycles. The summed E-state index contributed by atoms with van der Waals surface area (Å²) in [7, 11) is -3.15. The second-order valence-corrected chi connectivity index (χ2v) is 7.49. The van der Waals surface area contributed by atoms with Gasteiger partial charge < -0.3 is 11.7 Å². The molecular weight excluding hydrogens is 279 g/mol. The van der Waals surface area contributed by atoms with Crippen LogP contribution in [0.15, 0.2) is 0 Å². The molecule has 0 bridgehead atoms. The molecule has 0 unspecified atom stereocenters. The van der Waals surface area contributed by atoms with Gasteiger partial charge in [0.2, 0.25) is 0 Å². The Morgan fingerprint density at radius 3 is 1.47 bits per heavy atom. The van der Waals surface area contributed by atoms with E-state index in [1.54, 1.807) is 0 Å². The molecule has 0 heterocycles. The Kier molecular flexibility index (Phi) is 17.9. The van der Waals surface area contributed by atoms with Crippen LogP contribution in [0, 0.1) is 0 Å². The molecule has 0 amide bonds. The van der Waals surface area contributed by atoms with Crippen LogP contribution in [0.5, 0.6) is 0 Å². The molecule has 0 aromatic heterocycles. The predicted molar refractivity (Wildman–Crippen MR) is 73.0 cm³/mol. The van der Waals surface area contributed by atoms with Crippen LogP contribution in [0.4, 0.5) is 0 Å². The van der Waals surface area contributed by atoms with E-state index in [9.17, 15) is 8.42 Å². The maximum Gasteiger partial charge on any atom is 1.00 e. The van der Waals surface area contributed by atoms with Crippen molar-refractivity contribution in [3.8, 4) is 0 Å². The van der Waals surface area contributed by atoms with Crippen LogP contribution in [0.2, 0.25) is 0 Å². The molecule has 0 radical (unpaired) electrons. The van der Waals surface area contributed by atoms with Gasteiger partial charge >= 0.3 is 51.4 Å². The van der Waals surface area contributed by atoms with Crippen molar-refractivity contribution in [3.63, 3.8) is 0 Å². The summed E-state index contributed by atoms with van der Waals surface area (Å²) in [5.74, 6) is 0.179. The number of hydrogen-bond donors (Lipinski definition) is 0. The van der Waals surface area contributed by atoms with E-state index >= 15 is 0 Å². The quantitative estimate of drug-likeness (QED) is 0.245. The predicted octanol–water partition coefficient (Wildman–Crippen LogP) is 0.788. The molecule has 0 saturated carbocycles. The van der Waals surface area contributed by atoms with Gasteiger partial charge in [-0.1, -0.05) is 64.7 Å². The molecule has 0 aromatic rings. The second kappa shape index (κ2) is 14.3. The molecule has 0 aliphatic rings. The minimum atomic E-state index is -3.15. The number of hydrogen-bond acceptors (Lipinski definition) is 3. The number of unbranched alkanes of at least 4 members (excludes halogenated alkanes) is 9. The van der Waals surface area contributed by atoms with Gasteiger partial charge in [-0.3, -0.25) is 8.42 Å². The minimum absolute atomic E-state index is 0. The molecule has 0 atom stereocenters. The first-order valence-corrected chi connectivity index (χ1v) is 9.07. The Hall–Kier alpha value is 1.94. The first-order valence-electron chi connectivity index (χ1n) is 6.50. The third-order valence-electron chi connectivity index (χ3n) is 2.75. The summed E-state index contributed by atoms with van der Waals surface area (Å²) < 4.78 is 21.4. The summed E-state index contributed by atoms with van der Waals surface area (Å²) in [6.45, 7) is 2.23. The van der Waals surface area contributed by atoms with Gasteiger partial charge in [0.15, 0.2) is 0 Å². The maximum absolute atomic E-state index is 10.7. The van der Waals surface area contributed by atoms with Crippen LogP contribution in [0.3, 0.4) is 0 Å². The smallest absolute Gasteiger partial charge is 0.649 e. The summed E-state index contributed by atoms with van der Waals surface area (Å²) in [6.07, 6.45) is 12.1. The van der Waals surface area contributed by atoms with Crippen LogP contribution in [0.1, 0.15) is 71.1 Å². The molecule has 0 N–H and O–H groups in total. The molecule has 98 valence electrons. The molecule has 0 aliphatic heterocycles. The summed E-state index contributed by atoms with van der Waals surface area (Å²) in [5.41, 5.74) is 0. The Morgan fingerprint density at radius 1 is 0.765 bits per heavy atom. The zero-order valence-electron chi connectivity index (χ0n) is 11.4. The second-order valence-electron chi connectivity index (χ2n) is 4.44. The van der Waals surface area contributed by atoms with Crippen LogP contribution >= 0.6 is 0 Å². The van der Waals surface area contributed by atoms with Gasteiger partial charge in [-0.25, -0.2) is 0 Å². The van der Waals surface area contributed by atoms with Crippen molar-refractivity contribution in [1.29, 1.82) is 0 Å². The molecule has 0 aromatic carbocycles. The van der Waals surface area contributed by atoms with Crippen molar-refractivity contribution in [2.24, 2.45) is 0 Å². The minimum Gasteiger partial charge on any atom is -0.649 e. The zero-order valence-corrected chi connectivity index (χ0v) is 16.2. The summed E-state index contributed by atoms with van der Waals surface area (Å²) >= 11 is 4.32. The largest absolute Gasteiger partial charge is 1.00 e. The van der Waals surface area contributed by atoms with Crippen LogP contribution in [0.25, 0.3) is 0 Å². The standard InChI is InChI=1S/C12H26O2S2.K/c1-2-3-4-5-6-7-8-9-10-11-12-16(13,14)15;/h2-12H2,1H3,(H,13,14,15);/q;+1/p-1. The van der Waals surface area contributed by atoms with E-state index in [4.69, 9.17) is 0 Å². The van der Waals surface area contributed by atoms with Gasteiger partial charge in [0.25, 0.3) is 0 Å². The van der Waals surface area contributed by atoms with Crippen molar-refractivity contribution >= 4 is 20.5 Å². The SMILES string of the molecule is CCCCCCCCCCCCS(=O)(=O)[S-].[K+]. The Morgan fingerprint density at radius 2 is 1.12 bits per heavy atom.